The second kappa shape index (κ2) is 8.14. The van der Waals surface area contributed by atoms with Crippen LogP contribution < -0.4 is 5.32 Å². The minimum atomic E-state index is -0.284. The zero-order valence-corrected chi connectivity index (χ0v) is 16.4. The van der Waals surface area contributed by atoms with Crippen molar-refractivity contribution >= 4 is 17.0 Å². The van der Waals surface area contributed by atoms with E-state index < -0.39 is 0 Å². The Morgan fingerprint density at radius 2 is 2.14 bits per heavy atom. The van der Waals surface area contributed by atoms with Crippen LogP contribution in [-0.4, -0.2) is 34.4 Å². The van der Waals surface area contributed by atoms with Crippen LogP contribution in [0.4, 0.5) is 0 Å². The summed E-state index contributed by atoms with van der Waals surface area (Å²) in [4.78, 5) is 17.5. The Morgan fingerprint density at radius 1 is 1.32 bits per heavy atom. The van der Waals surface area contributed by atoms with Gasteiger partial charge < -0.3 is 14.5 Å². The van der Waals surface area contributed by atoms with Crippen molar-refractivity contribution in [3.05, 3.63) is 47.6 Å². The number of carbonyl (C=O) groups is 1. The van der Waals surface area contributed by atoms with Crippen LogP contribution in [-0.2, 0) is 11.8 Å². The predicted molar refractivity (Wildman–Crippen MR) is 105 cm³/mol. The van der Waals surface area contributed by atoms with Crippen LogP contribution in [0.3, 0.4) is 0 Å². The van der Waals surface area contributed by atoms with E-state index in [4.69, 9.17) is 9.15 Å². The van der Waals surface area contributed by atoms with Gasteiger partial charge in [-0.05, 0) is 37.1 Å². The molecule has 1 atom stereocenters. The molecule has 0 bridgehead atoms. The van der Waals surface area contributed by atoms with Crippen molar-refractivity contribution in [2.75, 3.05) is 13.7 Å². The number of methoxy groups -OCH3 is 1. The van der Waals surface area contributed by atoms with E-state index in [1.807, 2.05) is 19.2 Å². The number of carbonyl (C=O) groups excluding carboxylic acids is 1. The van der Waals surface area contributed by atoms with Gasteiger partial charge in [-0.15, -0.1) is 0 Å². The number of hydrogen-bond acceptors (Lipinski definition) is 5. The zero-order chi connectivity index (χ0) is 19.5. The van der Waals surface area contributed by atoms with Crippen LogP contribution in [0.25, 0.3) is 11.1 Å². The van der Waals surface area contributed by atoms with Crippen LogP contribution in [0, 0.1) is 0 Å². The molecule has 1 amide bonds. The molecule has 1 aliphatic rings. The molecule has 1 aromatic carbocycles. The molecule has 4 rings (SSSR count). The first-order chi connectivity index (χ1) is 13.7. The van der Waals surface area contributed by atoms with Gasteiger partial charge in [-0.1, -0.05) is 19.3 Å². The van der Waals surface area contributed by atoms with Gasteiger partial charge in [0.25, 0.3) is 5.91 Å². The Kier molecular flexibility index (Phi) is 5.43. The fourth-order valence-corrected chi connectivity index (χ4v) is 3.94. The molecule has 0 aliphatic heterocycles. The van der Waals surface area contributed by atoms with Crippen molar-refractivity contribution in [1.82, 2.24) is 20.1 Å². The van der Waals surface area contributed by atoms with E-state index in [9.17, 15) is 4.79 Å². The Labute approximate surface area is 164 Å². The fraction of sp³-hybridized carbons (Fsp3) is 0.476. The molecule has 1 N–H and O–H groups in total. The van der Waals surface area contributed by atoms with Crippen LogP contribution >= 0.6 is 0 Å². The molecule has 2 heterocycles. The molecule has 1 fully saturated rings. The number of nitrogens with zero attached hydrogens (tertiary/aromatic N) is 3. The van der Waals surface area contributed by atoms with Gasteiger partial charge in [-0.2, -0.15) is 5.10 Å². The van der Waals surface area contributed by atoms with Gasteiger partial charge in [0, 0.05) is 31.8 Å². The zero-order valence-electron chi connectivity index (χ0n) is 16.4. The number of oxazole rings is 1. The number of hydrogen-bond donors (Lipinski definition) is 1. The minimum Gasteiger partial charge on any atom is -0.440 e. The highest BCUT2D eigenvalue weighted by atomic mass is 16.5. The number of fused-ring (bicyclic) bond motifs is 1. The third kappa shape index (κ3) is 3.80. The molecule has 1 saturated carbocycles. The van der Waals surface area contributed by atoms with Crippen molar-refractivity contribution in [3.8, 4) is 0 Å². The molecular weight excluding hydrogens is 356 g/mol. The predicted octanol–water partition coefficient (Wildman–Crippen LogP) is 3.73. The summed E-state index contributed by atoms with van der Waals surface area (Å²) in [5, 5.41) is 7.20. The molecule has 0 spiro atoms. The summed E-state index contributed by atoms with van der Waals surface area (Å²) in [6.45, 7) is 0.363. The quantitative estimate of drug-likeness (QED) is 0.702. The summed E-state index contributed by atoms with van der Waals surface area (Å²) in [7, 11) is 3.46. The highest BCUT2D eigenvalue weighted by Gasteiger charge is 2.22. The number of rotatable bonds is 6. The first-order valence-corrected chi connectivity index (χ1v) is 9.84. The van der Waals surface area contributed by atoms with Gasteiger partial charge in [0.1, 0.15) is 5.52 Å². The van der Waals surface area contributed by atoms with E-state index in [-0.39, 0.29) is 11.9 Å². The average molecular weight is 382 g/mol. The second-order valence-corrected chi connectivity index (χ2v) is 7.43. The summed E-state index contributed by atoms with van der Waals surface area (Å²) in [6.07, 6.45) is 7.71. The lowest BCUT2D eigenvalue weighted by Gasteiger charge is -2.18. The number of aromatic nitrogens is 3. The number of ether oxygens (including phenoxy) is 1. The van der Waals surface area contributed by atoms with Crippen LogP contribution in [0.15, 0.2) is 34.9 Å². The molecule has 28 heavy (non-hydrogen) atoms. The van der Waals surface area contributed by atoms with Gasteiger partial charge in [0.05, 0.1) is 18.3 Å². The monoisotopic (exact) mass is 382 g/mol. The normalized spacial score (nSPS) is 16.4. The SMILES string of the molecule is COCC(NC(=O)c1ccc2nc(C3CCCCC3)oc2c1)c1ccnn1C. The number of nitrogens with one attached hydrogen (secondary N) is 1. The van der Waals surface area contributed by atoms with Crippen LogP contribution in [0.2, 0.25) is 0 Å². The van der Waals surface area contributed by atoms with E-state index in [2.05, 4.69) is 15.4 Å². The molecule has 0 saturated heterocycles. The lowest BCUT2D eigenvalue weighted by Crippen LogP contribution is -2.32. The van der Waals surface area contributed by atoms with E-state index in [1.165, 1.54) is 19.3 Å². The molecule has 7 heteroatoms. The molecule has 3 aromatic rings. The van der Waals surface area contributed by atoms with Gasteiger partial charge in [-0.25, -0.2) is 4.98 Å². The maximum absolute atomic E-state index is 12.8. The highest BCUT2D eigenvalue weighted by Crippen LogP contribution is 2.33. The number of amides is 1. The number of benzene rings is 1. The first-order valence-electron chi connectivity index (χ1n) is 9.84. The summed E-state index contributed by atoms with van der Waals surface area (Å²) < 4.78 is 13.0. The average Bonchev–Trinajstić information content (AvgIpc) is 3.33. The fourth-order valence-electron chi connectivity index (χ4n) is 3.94. The first kappa shape index (κ1) is 18.7. The summed E-state index contributed by atoms with van der Waals surface area (Å²) in [6, 6.07) is 7.01. The minimum absolute atomic E-state index is 0.180. The van der Waals surface area contributed by atoms with Crippen LogP contribution in [0.5, 0.6) is 0 Å². The standard InChI is InChI=1S/C21H26N4O3/c1-25-18(10-11-22-25)17(13-27-2)23-20(26)15-8-9-16-19(12-15)28-21(24-16)14-6-4-3-5-7-14/h8-12,14,17H,3-7,13H2,1-2H3,(H,23,26). The Morgan fingerprint density at radius 3 is 2.86 bits per heavy atom. The van der Waals surface area contributed by atoms with Gasteiger partial charge in [0.2, 0.25) is 0 Å². The largest absolute Gasteiger partial charge is 0.440 e. The smallest absolute Gasteiger partial charge is 0.252 e. The summed E-state index contributed by atoms with van der Waals surface area (Å²) in [5.74, 6) is 1.02. The molecular formula is C21H26N4O3. The van der Waals surface area contributed by atoms with Crippen molar-refractivity contribution < 1.29 is 13.9 Å². The Balaban J connectivity index is 1.54. The van der Waals surface area contributed by atoms with Crippen molar-refractivity contribution in [1.29, 1.82) is 0 Å². The van der Waals surface area contributed by atoms with Crippen LogP contribution in [0.1, 0.15) is 66.0 Å². The lowest BCUT2D eigenvalue weighted by atomic mass is 9.89. The molecule has 2 aromatic heterocycles. The van der Waals surface area contributed by atoms with E-state index in [1.54, 1.807) is 30.1 Å². The van der Waals surface area contributed by atoms with Crippen molar-refractivity contribution in [3.63, 3.8) is 0 Å². The molecule has 7 nitrogen and oxygen atoms in total. The Hall–Kier alpha value is -2.67. The van der Waals surface area contributed by atoms with Gasteiger partial charge >= 0.3 is 0 Å². The van der Waals surface area contributed by atoms with Gasteiger partial charge in [0.15, 0.2) is 11.5 Å². The topological polar surface area (TPSA) is 82.2 Å². The molecule has 148 valence electrons. The molecule has 0 radical (unpaired) electrons. The third-order valence-electron chi connectivity index (χ3n) is 5.48. The van der Waals surface area contributed by atoms with E-state index in [0.29, 0.717) is 23.7 Å². The van der Waals surface area contributed by atoms with E-state index >= 15 is 0 Å². The maximum atomic E-state index is 12.8. The van der Waals surface area contributed by atoms with Crippen molar-refractivity contribution in [2.45, 2.75) is 44.1 Å². The van der Waals surface area contributed by atoms with Crippen molar-refractivity contribution in [2.24, 2.45) is 7.05 Å². The molecule has 1 unspecified atom stereocenters. The maximum Gasteiger partial charge on any atom is 0.252 e. The Bertz CT molecular complexity index is 956. The number of aryl methyl sites for hydroxylation is 1. The third-order valence-corrected chi connectivity index (χ3v) is 5.48. The summed E-state index contributed by atoms with van der Waals surface area (Å²) >= 11 is 0. The van der Waals surface area contributed by atoms with Gasteiger partial charge in [-0.3, -0.25) is 9.48 Å². The van der Waals surface area contributed by atoms with E-state index in [0.717, 1.165) is 29.9 Å². The molecule has 1 aliphatic carbocycles. The lowest BCUT2D eigenvalue weighted by molar-refractivity contribution is 0.0892. The summed E-state index contributed by atoms with van der Waals surface area (Å²) in [5.41, 5.74) is 2.90. The highest BCUT2D eigenvalue weighted by molar-refractivity contribution is 5.97. The second-order valence-electron chi connectivity index (χ2n) is 7.43.